The maximum atomic E-state index is 10.3. The van der Waals surface area contributed by atoms with Crippen molar-refractivity contribution in [1.29, 1.82) is 0 Å². The number of piperidine rings is 1. The standard InChI is InChI=1S/C22H25NO/c1-2-20-15-22(24)16-21(14-13-18-9-5-3-6-10-18)23(20)17-19-11-7-4-8-12-19/h2-14,20-22,24H,1,15-17H2/b14-13+/t20-,21+,22+/m0/s1. The molecule has 0 bridgehead atoms. The molecule has 2 aromatic carbocycles. The van der Waals surface area contributed by atoms with Gasteiger partial charge in [0.2, 0.25) is 0 Å². The normalized spacial score (nSPS) is 25.0. The van der Waals surface area contributed by atoms with Crippen LogP contribution in [-0.4, -0.2) is 28.2 Å². The van der Waals surface area contributed by atoms with Gasteiger partial charge in [-0.3, -0.25) is 4.90 Å². The first-order chi connectivity index (χ1) is 11.8. The van der Waals surface area contributed by atoms with Crippen LogP contribution in [-0.2, 0) is 6.54 Å². The highest BCUT2D eigenvalue weighted by Gasteiger charge is 2.31. The summed E-state index contributed by atoms with van der Waals surface area (Å²) in [6.07, 6.45) is 7.59. The molecule has 0 radical (unpaired) electrons. The summed E-state index contributed by atoms with van der Waals surface area (Å²) in [6, 6.07) is 21.2. The van der Waals surface area contributed by atoms with Crippen LogP contribution in [0.25, 0.3) is 6.08 Å². The summed E-state index contributed by atoms with van der Waals surface area (Å²) in [5, 5.41) is 10.3. The smallest absolute Gasteiger partial charge is 0.0576 e. The number of aliphatic hydroxyl groups excluding tert-OH is 1. The van der Waals surface area contributed by atoms with E-state index >= 15 is 0 Å². The van der Waals surface area contributed by atoms with Crippen LogP contribution in [0.2, 0.25) is 0 Å². The van der Waals surface area contributed by atoms with Crippen LogP contribution in [0.3, 0.4) is 0 Å². The largest absolute Gasteiger partial charge is 0.393 e. The zero-order chi connectivity index (χ0) is 16.8. The lowest BCUT2D eigenvalue weighted by molar-refractivity contribution is 0.0290. The molecule has 1 N–H and O–H groups in total. The summed E-state index contributed by atoms with van der Waals surface area (Å²) in [7, 11) is 0. The summed E-state index contributed by atoms with van der Waals surface area (Å²) in [5.41, 5.74) is 2.48. The van der Waals surface area contributed by atoms with E-state index < -0.39 is 0 Å². The van der Waals surface area contributed by atoms with Crippen LogP contribution in [0.5, 0.6) is 0 Å². The van der Waals surface area contributed by atoms with E-state index in [4.69, 9.17) is 0 Å². The highest BCUT2D eigenvalue weighted by atomic mass is 16.3. The Bertz CT molecular complexity index is 665. The second-order valence-corrected chi connectivity index (χ2v) is 6.42. The van der Waals surface area contributed by atoms with Gasteiger partial charge in [0.1, 0.15) is 0 Å². The third-order valence-corrected chi connectivity index (χ3v) is 4.67. The van der Waals surface area contributed by atoms with E-state index in [9.17, 15) is 5.11 Å². The molecule has 2 aromatic rings. The van der Waals surface area contributed by atoms with Gasteiger partial charge in [0.15, 0.2) is 0 Å². The van der Waals surface area contributed by atoms with Crippen LogP contribution in [0.15, 0.2) is 79.4 Å². The highest BCUT2D eigenvalue weighted by Crippen LogP contribution is 2.27. The van der Waals surface area contributed by atoms with E-state index in [0.717, 1.165) is 19.4 Å². The van der Waals surface area contributed by atoms with Crippen molar-refractivity contribution in [2.75, 3.05) is 0 Å². The molecule has 2 heteroatoms. The number of aliphatic hydroxyl groups is 1. The fourth-order valence-electron chi connectivity index (χ4n) is 3.41. The Kier molecular flexibility index (Phi) is 5.63. The first-order valence-corrected chi connectivity index (χ1v) is 8.60. The third-order valence-electron chi connectivity index (χ3n) is 4.67. The molecule has 24 heavy (non-hydrogen) atoms. The molecular formula is C22H25NO. The van der Waals surface area contributed by atoms with Crippen LogP contribution in [0, 0.1) is 0 Å². The van der Waals surface area contributed by atoms with Crippen molar-refractivity contribution in [1.82, 2.24) is 4.90 Å². The number of hydrogen-bond acceptors (Lipinski definition) is 2. The lowest BCUT2D eigenvalue weighted by atomic mass is 9.91. The zero-order valence-corrected chi connectivity index (χ0v) is 14.0. The van der Waals surface area contributed by atoms with Crippen molar-refractivity contribution in [2.45, 2.75) is 37.6 Å². The van der Waals surface area contributed by atoms with E-state index in [0.29, 0.717) is 0 Å². The minimum Gasteiger partial charge on any atom is -0.393 e. The Balaban J connectivity index is 1.81. The number of benzene rings is 2. The lowest BCUT2D eigenvalue weighted by Gasteiger charge is -2.42. The molecule has 1 heterocycles. The summed E-state index contributed by atoms with van der Waals surface area (Å²) in [6.45, 7) is 4.86. The van der Waals surface area contributed by atoms with Crippen LogP contribution >= 0.6 is 0 Å². The van der Waals surface area contributed by atoms with Gasteiger partial charge < -0.3 is 5.11 Å². The molecule has 0 spiro atoms. The predicted octanol–water partition coefficient (Wildman–Crippen LogP) is 4.28. The molecule has 3 atom stereocenters. The maximum Gasteiger partial charge on any atom is 0.0576 e. The first-order valence-electron chi connectivity index (χ1n) is 8.60. The monoisotopic (exact) mass is 319 g/mol. The molecule has 3 rings (SSSR count). The fraction of sp³-hybridized carbons (Fsp3) is 0.273. The van der Waals surface area contributed by atoms with Gasteiger partial charge in [-0.05, 0) is 24.0 Å². The van der Waals surface area contributed by atoms with Gasteiger partial charge in [-0.25, -0.2) is 0 Å². The van der Waals surface area contributed by atoms with Crippen LogP contribution < -0.4 is 0 Å². The maximum absolute atomic E-state index is 10.3. The van der Waals surface area contributed by atoms with Gasteiger partial charge in [-0.1, -0.05) is 78.9 Å². The SMILES string of the molecule is C=C[C@H]1C[C@@H](O)C[C@@H](/C=C/c2ccccc2)N1Cc1ccccc1. The van der Waals surface area contributed by atoms with Crippen molar-refractivity contribution in [3.63, 3.8) is 0 Å². The molecule has 0 saturated carbocycles. The van der Waals surface area contributed by atoms with Crippen molar-refractivity contribution >= 4 is 6.08 Å². The van der Waals surface area contributed by atoms with Crippen molar-refractivity contribution in [3.05, 3.63) is 90.5 Å². The molecule has 1 saturated heterocycles. The fourth-order valence-corrected chi connectivity index (χ4v) is 3.41. The molecule has 0 unspecified atom stereocenters. The summed E-state index contributed by atoms with van der Waals surface area (Å²) in [5.74, 6) is 0. The van der Waals surface area contributed by atoms with E-state index in [-0.39, 0.29) is 18.2 Å². The summed E-state index contributed by atoms with van der Waals surface area (Å²) >= 11 is 0. The minimum atomic E-state index is -0.273. The molecule has 1 aliphatic heterocycles. The van der Waals surface area contributed by atoms with Crippen LogP contribution in [0.4, 0.5) is 0 Å². The van der Waals surface area contributed by atoms with Gasteiger partial charge >= 0.3 is 0 Å². The van der Waals surface area contributed by atoms with Crippen molar-refractivity contribution < 1.29 is 5.11 Å². The number of rotatable bonds is 5. The Morgan fingerprint density at radius 2 is 1.58 bits per heavy atom. The van der Waals surface area contributed by atoms with E-state index in [1.165, 1.54) is 11.1 Å². The second kappa shape index (κ2) is 8.09. The molecular weight excluding hydrogens is 294 g/mol. The molecule has 1 aliphatic rings. The molecule has 0 aliphatic carbocycles. The van der Waals surface area contributed by atoms with Crippen LogP contribution in [0.1, 0.15) is 24.0 Å². The number of nitrogens with zero attached hydrogens (tertiary/aromatic N) is 1. The predicted molar refractivity (Wildman–Crippen MR) is 100 cm³/mol. The average Bonchev–Trinajstić information content (AvgIpc) is 2.63. The topological polar surface area (TPSA) is 23.5 Å². The third kappa shape index (κ3) is 4.22. The van der Waals surface area contributed by atoms with Crippen molar-refractivity contribution in [3.8, 4) is 0 Å². The molecule has 1 fully saturated rings. The van der Waals surface area contributed by atoms with Crippen molar-refractivity contribution in [2.24, 2.45) is 0 Å². The summed E-state index contributed by atoms with van der Waals surface area (Å²) < 4.78 is 0. The van der Waals surface area contributed by atoms with E-state index in [1.54, 1.807) is 0 Å². The second-order valence-electron chi connectivity index (χ2n) is 6.42. The number of hydrogen-bond donors (Lipinski definition) is 1. The van der Waals surface area contributed by atoms with Gasteiger partial charge in [0.05, 0.1) is 6.10 Å². The Morgan fingerprint density at radius 3 is 2.25 bits per heavy atom. The average molecular weight is 319 g/mol. The Labute approximate surface area is 144 Å². The highest BCUT2D eigenvalue weighted by molar-refractivity contribution is 5.49. The van der Waals surface area contributed by atoms with Gasteiger partial charge in [0, 0.05) is 18.6 Å². The molecule has 2 nitrogen and oxygen atoms in total. The van der Waals surface area contributed by atoms with E-state index in [1.807, 2.05) is 30.3 Å². The molecule has 0 amide bonds. The molecule has 124 valence electrons. The molecule has 0 aromatic heterocycles. The van der Waals surface area contributed by atoms with Gasteiger partial charge in [-0.15, -0.1) is 6.58 Å². The number of likely N-dealkylation sites (tertiary alicyclic amines) is 1. The lowest BCUT2D eigenvalue weighted by Crippen LogP contribution is -2.48. The summed E-state index contributed by atoms with van der Waals surface area (Å²) in [4.78, 5) is 2.44. The zero-order valence-electron chi connectivity index (χ0n) is 14.0. The Hall–Kier alpha value is -2.16. The van der Waals surface area contributed by atoms with Gasteiger partial charge in [-0.2, -0.15) is 0 Å². The minimum absolute atomic E-state index is 0.194. The Morgan fingerprint density at radius 1 is 0.958 bits per heavy atom. The van der Waals surface area contributed by atoms with E-state index in [2.05, 4.69) is 60.0 Å². The first kappa shape index (κ1) is 16.7. The van der Waals surface area contributed by atoms with Gasteiger partial charge in [0.25, 0.3) is 0 Å². The quantitative estimate of drug-likeness (QED) is 0.832.